The van der Waals surface area contributed by atoms with Gasteiger partial charge in [0.1, 0.15) is 6.04 Å². The SMILES string of the molecule is COC(=O)C[C@H](c1ccc([N+](=O)[O-])cc1)[C@@H](NC(=O)c1cccc(Br)c1)C(=O)OC. The van der Waals surface area contributed by atoms with E-state index in [2.05, 4.69) is 21.2 Å². The molecule has 0 saturated carbocycles. The monoisotopic (exact) mass is 478 g/mol. The van der Waals surface area contributed by atoms with Gasteiger partial charge in [-0.2, -0.15) is 0 Å². The molecule has 0 heterocycles. The first-order chi connectivity index (χ1) is 14.3. The maximum absolute atomic E-state index is 12.7. The number of ether oxygens (including phenoxy) is 2. The van der Waals surface area contributed by atoms with Crippen LogP contribution in [0.5, 0.6) is 0 Å². The Hall–Kier alpha value is -3.27. The lowest BCUT2D eigenvalue weighted by atomic mass is 9.88. The summed E-state index contributed by atoms with van der Waals surface area (Å²) in [6.45, 7) is 0. The number of methoxy groups -OCH3 is 2. The highest BCUT2D eigenvalue weighted by molar-refractivity contribution is 9.10. The minimum atomic E-state index is -1.23. The van der Waals surface area contributed by atoms with E-state index >= 15 is 0 Å². The highest BCUT2D eigenvalue weighted by Crippen LogP contribution is 2.27. The fourth-order valence-corrected chi connectivity index (χ4v) is 3.24. The number of non-ortho nitro benzene ring substituents is 1. The molecule has 0 fully saturated rings. The highest BCUT2D eigenvalue weighted by Gasteiger charge is 2.34. The van der Waals surface area contributed by atoms with Gasteiger partial charge in [0.05, 0.1) is 25.6 Å². The summed E-state index contributed by atoms with van der Waals surface area (Å²) in [5.74, 6) is -2.82. The predicted octanol–water partition coefficient (Wildman–Crippen LogP) is 2.98. The van der Waals surface area contributed by atoms with E-state index in [0.29, 0.717) is 15.6 Å². The third kappa shape index (κ3) is 5.86. The van der Waals surface area contributed by atoms with Gasteiger partial charge in [-0.3, -0.25) is 19.7 Å². The van der Waals surface area contributed by atoms with Gasteiger partial charge in [0.2, 0.25) is 0 Å². The lowest BCUT2D eigenvalue weighted by molar-refractivity contribution is -0.384. The Morgan fingerprint density at radius 2 is 1.77 bits per heavy atom. The summed E-state index contributed by atoms with van der Waals surface area (Å²) >= 11 is 3.28. The molecule has 2 aromatic carbocycles. The Morgan fingerprint density at radius 1 is 1.10 bits per heavy atom. The molecule has 1 N–H and O–H groups in total. The van der Waals surface area contributed by atoms with Crippen LogP contribution in [-0.2, 0) is 19.1 Å². The van der Waals surface area contributed by atoms with Gasteiger partial charge in [0.15, 0.2) is 0 Å². The Labute approximate surface area is 180 Å². The number of amides is 1. The van der Waals surface area contributed by atoms with Crippen molar-refractivity contribution in [2.75, 3.05) is 14.2 Å². The van der Waals surface area contributed by atoms with Crippen molar-refractivity contribution in [3.8, 4) is 0 Å². The van der Waals surface area contributed by atoms with Crippen molar-refractivity contribution in [1.29, 1.82) is 0 Å². The standard InChI is InChI=1S/C20H19BrN2O7/c1-29-17(24)11-16(12-6-8-15(9-7-12)23(27)28)18(20(26)30-2)22-19(25)13-4-3-5-14(21)10-13/h3-10,16,18H,11H2,1-2H3,(H,22,25)/t16-,18-/m1/s1. The number of hydrogen-bond donors (Lipinski definition) is 1. The number of nitrogens with one attached hydrogen (secondary N) is 1. The Balaban J connectivity index is 2.42. The molecule has 10 heteroatoms. The fraction of sp³-hybridized carbons (Fsp3) is 0.250. The van der Waals surface area contributed by atoms with E-state index in [0.717, 1.165) is 7.11 Å². The summed E-state index contributed by atoms with van der Waals surface area (Å²) in [6.07, 6.45) is -0.257. The molecule has 0 unspecified atom stereocenters. The van der Waals surface area contributed by atoms with Gasteiger partial charge in [-0.05, 0) is 23.8 Å². The van der Waals surface area contributed by atoms with E-state index < -0.39 is 34.7 Å². The molecule has 0 saturated heterocycles. The zero-order chi connectivity index (χ0) is 22.3. The highest BCUT2D eigenvalue weighted by atomic mass is 79.9. The maximum Gasteiger partial charge on any atom is 0.329 e. The molecule has 0 aliphatic heterocycles. The molecule has 9 nitrogen and oxygen atoms in total. The summed E-state index contributed by atoms with van der Waals surface area (Å²) in [6, 6.07) is 10.7. The molecule has 0 bridgehead atoms. The molecular formula is C20H19BrN2O7. The first-order valence-corrected chi connectivity index (χ1v) is 9.51. The second-order valence-corrected chi connectivity index (χ2v) is 7.14. The van der Waals surface area contributed by atoms with Crippen LogP contribution in [0.2, 0.25) is 0 Å². The minimum absolute atomic E-state index is 0.150. The van der Waals surface area contributed by atoms with Crippen molar-refractivity contribution in [3.05, 3.63) is 74.2 Å². The number of nitrogens with zero attached hydrogens (tertiary/aromatic N) is 1. The number of esters is 2. The lowest BCUT2D eigenvalue weighted by Crippen LogP contribution is -2.46. The average molecular weight is 479 g/mol. The predicted molar refractivity (Wildman–Crippen MR) is 110 cm³/mol. The van der Waals surface area contributed by atoms with Crippen LogP contribution in [0.1, 0.15) is 28.3 Å². The van der Waals surface area contributed by atoms with Crippen LogP contribution in [0.4, 0.5) is 5.69 Å². The Kier molecular flexibility index (Phi) is 8.05. The van der Waals surface area contributed by atoms with Gasteiger partial charge in [0.25, 0.3) is 11.6 Å². The van der Waals surface area contributed by atoms with Crippen LogP contribution >= 0.6 is 15.9 Å². The van der Waals surface area contributed by atoms with Crippen molar-refractivity contribution < 1.29 is 28.8 Å². The quantitative estimate of drug-likeness (QED) is 0.351. The minimum Gasteiger partial charge on any atom is -0.469 e. The van der Waals surface area contributed by atoms with Gasteiger partial charge in [0, 0.05) is 28.1 Å². The largest absolute Gasteiger partial charge is 0.469 e. The van der Waals surface area contributed by atoms with Crippen molar-refractivity contribution >= 4 is 39.5 Å². The number of benzene rings is 2. The third-order valence-corrected chi connectivity index (χ3v) is 4.87. The van der Waals surface area contributed by atoms with Crippen LogP contribution in [0.15, 0.2) is 53.0 Å². The average Bonchev–Trinajstić information content (AvgIpc) is 2.75. The molecule has 30 heavy (non-hydrogen) atoms. The normalized spacial score (nSPS) is 12.4. The van der Waals surface area contributed by atoms with Crippen molar-refractivity contribution in [1.82, 2.24) is 5.32 Å². The van der Waals surface area contributed by atoms with E-state index in [1.54, 1.807) is 24.3 Å². The van der Waals surface area contributed by atoms with Crippen LogP contribution in [0, 0.1) is 10.1 Å². The van der Waals surface area contributed by atoms with Crippen molar-refractivity contribution in [2.45, 2.75) is 18.4 Å². The maximum atomic E-state index is 12.7. The second kappa shape index (κ2) is 10.5. The molecule has 2 atom stereocenters. The number of carbonyl (C=O) groups excluding carboxylic acids is 3. The van der Waals surface area contributed by atoms with Crippen LogP contribution in [0.3, 0.4) is 0 Å². The summed E-state index contributed by atoms with van der Waals surface area (Å²) in [5, 5.41) is 13.5. The zero-order valence-corrected chi connectivity index (χ0v) is 17.7. The van der Waals surface area contributed by atoms with Gasteiger partial charge < -0.3 is 14.8 Å². The number of rotatable bonds is 8. The van der Waals surface area contributed by atoms with Crippen LogP contribution in [-0.4, -0.2) is 43.0 Å². The molecule has 2 aromatic rings. The van der Waals surface area contributed by atoms with E-state index in [1.807, 2.05) is 0 Å². The lowest BCUT2D eigenvalue weighted by Gasteiger charge is -2.26. The van der Waals surface area contributed by atoms with Gasteiger partial charge in [-0.15, -0.1) is 0 Å². The Bertz CT molecular complexity index is 946. The topological polar surface area (TPSA) is 125 Å². The zero-order valence-electron chi connectivity index (χ0n) is 16.2. The molecular weight excluding hydrogens is 460 g/mol. The molecule has 0 aliphatic carbocycles. The number of carbonyl (C=O) groups is 3. The summed E-state index contributed by atoms with van der Waals surface area (Å²) in [5.41, 5.74) is 0.568. The molecule has 2 rings (SSSR count). The van der Waals surface area contributed by atoms with E-state index in [1.165, 1.54) is 31.4 Å². The summed E-state index contributed by atoms with van der Waals surface area (Å²) < 4.78 is 10.2. The molecule has 1 amide bonds. The van der Waals surface area contributed by atoms with E-state index in [9.17, 15) is 24.5 Å². The fourth-order valence-electron chi connectivity index (χ4n) is 2.84. The first-order valence-electron chi connectivity index (χ1n) is 8.72. The number of nitro groups is 1. The number of halogens is 1. The van der Waals surface area contributed by atoms with Gasteiger partial charge in [-0.1, -0.05) is 34.1 Å². The van der Waals surface area contributed by atoms with Crippen molar-refractivity contribution in [3.63, 3.8) is 0 Å². The molecule has 158 valence electrons. The van der Waals surface area contributed by atoms with Crippen LogP contribution in [0.25, 0.3) is 0 Å². The van der Waals surface area contributed by atoms with E-state index in [4.69, 9.17) is 9.47 Å². The summed E-state index contributed by atoms with van der Waals surface area (Å²) in [4.78, 5) is 47.6. The second-order valence-electron chi connectivity index (χ2n) is 6.22. The number of nitro benzene ring substituents is 1. The molecule has 0 aromatic heterocycles. The summed E-state index contributed by atoms with van der Waals surface area (Å²) in [7, 11) is 2.36. The first kappa shape index (κ1) is 23.0. The molecule has 0 radical (unpaired) electrons. The number of hydrogen-bond acceptors (Lipinski definition) is 7. The Morgan fingerprint density at radius 3 is 2.30 bits per heavy atom. The van der Waals surface area contributed by atoms with Gasteiger partial charge >= 0.3 is 11.9 Å². The van der Waals surface area contributed by atoms with E-state index in [-0.39, 0.29) is 12.1 Å². The smallest absolute Gasteiger partial charge is 0.329 e. The van der Waals surface area contributed by atoms with Gasteiger partial charge in [-0.25, -0.2) is 4.79 Å². The molecule has 0 aliphatic rings. The molecule has 0 spiro atoms. The third-order valence-electron chi connectivity index (χ3n) is 4.38. The van der Waals surface area contributed by atoms with Crippen LogP contribution < -0.4 is 5.32 Å². The van der Waals surface area contributed by atoms with Crippen molar-refractivity contribution in [2.24, 2.45) is 0 Å².